The predicted molar refractivity (Wildman–Crippen MR) is 115 cm³/mol. The summed E-state index contributed by atoms with van der Waals surface area (Å²) in [5, 5.41) is 0.973. The largest absolute Gasteiger partial charge is 0.497 e. The molecule has 8 heteroatoms. The molecule has 0 radical (unpaired) electrons. The fraction of sp³-hybridized carbons (Fsp3) is 0.364. The Kier molecular flexibility index (Phi) is 4.87. The Hall–Kier alpha value is -2.84. The highest BCUT2D eigenvalue weighted by molar-refractivity contribution is 6.65. The Labute approximate surface area is 176 Å². The molecule has 1 aliphatic heterocycles. The molecular formula is C22H25BN2O5. The topological polar surface area (TPSA) is 71.8 Å². The molecule has 3 heterocycles. The second kappa shape index (κ2) is 7.14. The van der Waals surface area contributed by atoms with E-state index in [0.717, 1.165) is 28.3 Å². The maximum absolute atomic E-state index is 11.5. The zero-order chi connectivity index (χ0) is 21.7. The molecule has 1 aliphatic rings. The second-order valence-corrected chi connectivity index (χ2v) is 8.32. The monoisotopic (exact) mass is 408 g/mol. The van der Waals surface area contributed by atoms with Gasteiger partial charge in [-0.15, -0.1) is 0 Å². The molecule has 0 saturated carbocycles. The fourth-order valence-electron chi connectivity index (χ4n) is 3.64. The van der Waals surface area contributed by atoms with Gasteiger partial charge in [-0.25, -0.2) is 0 Å². The second-order valence-electron chi connectivity index (χ2n) is 8.32. The molecule has 0 atom stereocenters. The van der Waals surface area contributed by atoms with Crippen LogP contribution in [0.2, 0.25) is 0 Å². The minimum Gasteiger partial charge on any atom is -0.496 e. The molecular weight excluding hydrogens is 383 g/mol. The van der Waals surface area contributed by atoms with Gasteiger partial charge in [0.25, 0.3) is 0 Å². The highest BCUT2D eigenvalue weighted by Crippen LogP contribution is 2.37. The van der Waals surface area contributed by atoms with Gasteiger partial charge in [-0.2, -0.15) is 0 Å². The van der Waals surface area contributed by atoms with Crippen LogP contribution < -0.4 is 14.9 Å². The van der Waals surface area contributed by atoms with Crippen molar-refractivity contribution < 1.29 is 23.6 Å². The van der Waals surface area contributed by atoms with E-state index in [0.29, 0.717) is 17.1 Å². The molecule has 156 valence electrons. The first-order chi connectivity index (χ1) is 14.2. The number of pyridine rings is 1. The van der Waals surface area contributed by atoms with Crippen LogP contribution in [0.1, 0.15) is 38.1 Å². The van der Waals surface area contributed by atoms with Gasteiger partial charge in [0, 0.05) is 35.4 Å². The predicted octanol–water partition coefficient (Wildman–Crippen LogP) is 3.15. The third-order valence-corrected chi connectivity index (χ3v) is 6.08. The first kappa shape index (κ1) is 20.4. The van der Waals surface area contributed by atoms with E-state index in [2.05, 4.69) is 4.98 Å². The van der Waals surface area contributed by atoms with Crippen molar-refractivity contribution in [1.82, 2.24) is 9.55 Å². The van der Waals surface area contributed by atoms with Crippen molar-refractivity contribution in [2.45, 2.75) is 38.9 Å². The number of nitrogens with zero attached hydrogens (tertiary/aromatic N) is 2. The molecule has 0 bridgehead atoms. The van der Waals surface area contributed by atoms with Crippen molar-refractivity contribution in [3.8, 4) is 17.2 Å². The molecule has 0 spiro atoms. The zero-order valence-electron chi connectivity index (χ0n) is 18.1. The third kappa shape index (κ3) is 3.07. The quantitative estimate of drug-likeness (QED) is 0.477. The van der Waals surface area contributed by atoms with Gasteiger partial charge in [0.1, 0.15) is 11.5 Å². The van der Waals surface area contributed by atoms with Crippen LogP contribution in [0.3, 0.4) is 0 Å². The average molecular weight is 408 g/mol. The lowest BCUT2D eigenvalue weighted by Gasteiger charge is -2.32. The fourth-order valence-corrected chi connectivity index (χ4v) is 3.64. The van der Waals surface area contributed by atoms with Gasteiger partial charge >= 0.3 is 7.12 Å². The number of carbonyl (C=O) groups excluding carboxylic acids is 1. The number of methoxy groups -OCH3 is 2. The van der Waals surface area contributed by atoms with Gasteiger partial charge in [-0.3, -0.25) is 9.78 Å². The Morgan fingerprint density at radius 1 is 1.03 bits per heavy atom. The van der Waals surface area contributed by atoms with Gasteiger partial charge in [-0.1, -0.05) is 0 Å². The van der Waals surface area contributed by atoms with Crippen LogP contribution in [0, 0.1) is 0 Å². The normalized spacial score (nSPS) is 17.3. The van der Waals surface area contributed by atoms with E-state index in [-0.39, 0.29) is 0 Å². The molecule has 0 unspecified atom stereocenters. The number of rotatable bonds is 5. The summed E-state index contributed by atoms with van der Waals surface area (Å²) in [4.78, 5) is 15.9. The van der Waals surface area contributed by atoms with E-state index in [1.165, 1.54) is 14.2 Å². The first-order valence-electron chi connectivity index (χ1n) is 9.74. The van der Waals surface area contributed by atoms with Gasteiger partial charge < -0.3 is 23.3 Å². The van der Waals surface area contributed by atoms with Crippen molar-refractivity contribution >= 4 is 29.8 Å². The molecule has 3 aromatic rings. The molecule has 30 heavy (non-hydrogen) atoms. The van der Waals surface area contributed by atoms with Gasteiger partial charge in [-0.05, 0) is 33.8 Å². The molecule has 1 fully saturated rings. The maximum Gasteiger partial charge on any atom is 0.497 e. The molecule has 0 amide bonds. The summed E-state index contributed by atoms with van der Waals surface area (Å²) in [5.74, 6) is 0.882. The third-order valence-electron chi connectivity index (χ3n) is 6.08. The molecule has 7 nitrogen and oxygen atoms in total. The number of fused-ring (bicyclic) bond motifs is 1. The zero-order valence-corrected chi connectivity index (χ0v) is 18.1. The molecule has 1 aromatic carbocycles. The number of hydrogen-bond donors (Lipinski definition) is 0. The van der Waals surface area contributed by atoms with E-state index < -0.39 is 18.3 Å². The van der Waals surface area contributed by atoms with E-state index in [1.54, 1.807) is 24.5 Å². The van der Waals surface area contributed by atoms with Crippen molar-refractivity contribution in [1.29, 1.82) is 0 Å². The first-order valence-corrected chi connectivity index (χ1v) is 9.74. The van der Waals surface area contributed by atoms with Crippen LogP contribution >= 0.6 is 0 Å². The summed E-state index contributed by atoms with van der Waals surface area (Å²) in [5.41, 5.74) is 2.04. The summed E-state index contributed by atoms with van der Waals surface area (Å²) in [6.45, 7) is 8.11. The van der Waals surface area contributed by atoms with E-state index in [9.17, 15) is 4.79 Å². The van der Waals surface area contributed by atoms with Gasteiger partial charge in [0.15, 0.2) is 6.29 Å². The minimum absolute atomic E-state index is 0.372. The molecule has 0 N–H and O–H groups in total. The summed E-state index contributed by atoms with van der Waals surface area (Å²) < 4.78 is 25.2. The number of aromatic nitrogens is 2. The SMILES string of the molecule is COc1cc(-n2ccc3c(B4OC(C)(C)C(C)(C)O4)cncc32)cc(OC)c1C=O. The van der Waals surface area contributed by atoms with Crippen molar-refractivity contribution in [3.63, 3.8) is 0 Å². The lowest BCUT2D eigenvalue weighted by atomic mass is 9.78. The average Bonchev–Trinajstić information content (AvgIpc) is 3.24. The number of hydrogen-bond acceptors (Lipinski definition) is 6. The Balaban J connectivity index is 1.83. The van der Waals surface area contributed by atoms with Gasteiger partial charge in [0.2, 0.25) is 0 Å². The van der Waals surface area contributed by atoms with E-state index in [1.807, 2.05) is 44.5 Å². The lowest BCUT2D eigenvalue weighted by molar-refractivity contribution is 0.00578. The van der Waals surface area contributed by atoms with Crippen LogP contribution in [0.4, 0.5) is 0 Å². The van der Waals surface area contributed by atoms with Crippen LogP contribution in [0.5, 0.6) is 11.5 Å². The summed E-state index contributed by atoms with van der Waals surface area (Å²) in [6.07, 6.45) is 6.24. The van der Waals surface area contributed by atoms with Crippen molar-refractivity contribution in [3.05, 3.63) is 42.4 Å². The standard InChI is InChI=1S/C22H25BN2O5/c1-21(2)22(3,4)30-23(29-21)17-11-24-12-18-15(17)7-8-25(18)14-9-19(27-5)16(13-26)20(10-14)28-6/h7-13H,1-6H3. The Bertz CT molecular complexity index is 1080. The van der Waals surface area contributed by atoms with Crippen LogP contribution in [-0.4, -0.2) is 48.4 Å². The minimum atomic E-state index is -0.511. The molecule has 0 aliphatic carbocycles. The smallest absolute Gasteiger partial charge is 0.496 e. The van der Waals surface area contributed by atoms with Crippen molar-refractivity contribution in [2.24, 2.45) is 0 Å². The summed E-state index contributed by atoms with van der Waals surface area (Å²) in [7, 11) is 2.54. The van der Waals surface area contributed by atoms with Crippen LogP contribution in [-0.2, 0) is 9.31 Å². The van der Waals surface area contributed by atoms with Crippen LogP contribution in [0.15, 0.2) is 36.8 Å². The number of aldehydes is 1. The van der Waals surface area contributed by atoms with Crippen LogP contribution in [0.25, 0.3) is 16.6 Å². The number of benzene rings is 1. The molecule has 4 rings (SSSR count). The number of ether oxygens (including phenoxy) is 2. The lowest BCUT2D eigenvalue weighted by Crippen LogP contribution is -2.41. The van der Waals surface area contributed by atoms with Crippen molar-refractivity contribution in [2.75, 3.05) is 14.2 Å². The number of carbonyl (C=O) groups is 1. The maximum atomic E-state index is 11.5. The Morgan fingerprint density at radius 3 is 2.17 bits per heavy atom. The highest BCUT2D eigenvalue weighted by Gasteiger charge is 2.52. The molecule has 2 aromatic heterocycles. The van der Waals surface area contributed by atoms with E-state index >= 15 is 0 Å². The summed E-state index contributed by atoms with van der Waals surface area (Å²) in [6, 6.07) is 5.60. The molecule has 1 saturated heterocycles. The Morgan fingerprint density at radius 2 is 1.63 bits per heavy atom. The highest BCUT2D eigenvalue weighted by atomic mass is 16.7. The van der Waals surface area contributed by atoms with Gasteiger partial charge in [0.05, 0.1) is 48.4 Å². The summed E-state index contributed by atoms with van der Waals surface area (Å²) >= 11 is 0. The van der Waals surface area contributed by atoms with E-state index in [4.69, 9.17) is 18.8 Å².